The predicted octanol–water partition coefficient (Wildman–Crippen LogP) is 3.30. The predicted molar refractivity (Wildman–Crippen MR) is 53.7 cm³/mol. The molecule has 0 saturated carbocycles. The van der Waals surface area contributed by atoms with Gasteiger partial charge in [-0.2, -0.15) is 0 Å². The molecule has 2 aromatic rings. The normalized spacial score (nSPS) is 13.6. The van der Waals surface area contributed by atoms with Gasteiger partial charge in [-0.15, -0.1) is 0 Å². The van der Waals surface area contributed by atoms with Crippen LogP contribution in [0, 0.1) is 0 Å². The molecule has 0 nitrogen and oxygen atoms in total. The van der Waals surface area contributed by atoms with Crippen molar-refractivity contribution in [1.29, 1.82) is 0 Å². The van der Waals surface area contributed by atoms with Gasteiger partial charge in [-0.1, -0.05) is 0 Å². The Morgan fingerprint density at radius 3 is 1.64 bits per heavy atom. The summed E-state index contributed by atoms with van der Waals surface area (Å²) in [6.45, 7) is 0. The molecule has 0 amide bonds. The third-order valence-corrected chi connectivity index (χ3v) is 3.81. The fourth-order valence-electron chi connectivity index (χ4n) is 2.16. The van der Waals surface area contributed by atoms with Crippen LogP contribution in [0.25, 0.3) is 11.1 Å². The van der Waals surface area contributed by atoms with Crippen LogP contribution >= 0.6 is 0 Å². The molecule has 1 aliphatic carbocycles. The van der Waals surface area contributed by atoms with Gasteiger partial charge in [-0.3, -0.25) is 0 Å². The summed E-state index contributed by atoms with van der Waals surface area (Å²) < 4.78 is 0.558. The molecule has 0 radical (unpaired) electrons. The van der Waals surface area contributed by atoms with Crippen molar-refractivity contribution in [3.8, 4) is 11.1 Å². The van der Waals surface area contributed by atoms with Gasteiger partial charge in [0, 0.05) is 0 Å². The summed E-state index contributed by atoms with van der Waals surface area (Å²) in [5.74, 6) is 0. The zero-order valence-corrected chi connectivity index (χ0v) is 9.26. The summed E-state index contributed by atoms with van der Waals surface area (Å²) in [5.41, 5.74) is 5.76. The standard InChI is InChI=1S/C13H9.Ti/c1-3-7-12-10(5-1)9-11-6-2-4-8-13(11)12;/h1-9H;. The fourth-order valence-corrected chi connectivity index (χ4v) is 2.94. The molecule has 0 atom stereocenters. The summed E-state index contributed by atoms with van der Waals surface area (Å²) in [5, 5.41) is 0. The van der Waals surface area contributed by atoms with E-state index < -0.39 is 0 Å². The van der Waals surface area contributed by atoms with Gasteiger partial charge >= 0.3 is 95.4 Å². The quantitative estimate of drug-likeness (QED) is 0.589. The van der Waals surface area contributed by atoms with Gasteiger partial charge in [0.15, 0.2) is 0 Å². The van der Waals surface area contributed by atoms with Gasteiger partial charge in [0.05, 0.1) is 0 Å². The van der Waals surface area contributed by atoms with Gasteiger partial charge in [-0.05, 0) is 0 Å². The minimum atomic E-state index is 0.558. The van der Waals surface area contributed by atoms with Gasteiger partial charge in [-0.25, -0.2) is 0 Å². The topological polar surface area (TPSA) is 0 Å². The van der Waals surface area contributed by atoms with Gasteiger partial charge < -0.3 is 0 Å². The van der Waals surface area contributed by atoms with E-state index in [1.807, 2.05) is 0 Å². The number of benzene rings is 2. The molecule has 2 aromatic carbocycles. The van der Waals surface area contributed by atoms with E-state index in [4.69, 9.17) is 0 Å². The molecule has 0 bridgehead atoms. The summed E-state index contributed by atoms with van der Waals surface area (Å²) in [4.78, 5) is 0. The first-order valence-corrected chi connectivity index (χ1v) is 5.67. The third kappa shape index (κ3) is 1.05. The molecule has 0 heterocycles. The van der Waals surface area contributed by atoms with E-state index in [9.17, 15) is 0 Å². The summed E-state index contributed by atoms with van der Waals surface area (Å²) in [6.07, 6.45) is 0. The van der Waals surface area contributed by atoms with E-state index in [0.29, 0.717) is 4.22 Å². The average Bonchev–Trinajstić information content (AvgIpc) is 2.55. The third-order valence-electron chi connectivity index (χ3n) is 2.83. The molecule has 14 heavy (non-hydrogen) atoms. The second-order valence-electron chi connectivity index (χ2n) is 3.61. The van der Waals surface area contributed by atoms with E-state index >= 15 is 0 Å². The van der Waals surface area contributed by atoms with Crippen LogP contribution < -0.4 is 0 Å². The van der Waals surface area contributed by atoms with Crippen LogP contribution in [-0.4, -0.2) is 0 Å². The molecule has 0 unspecified atom stereocenters. The van der Waals surface area contributed by atoms with Crippen LogP contribution in [-0.2, 0) is 20.4 Å². The van der Waals surface area contributed by atoms with E-state index in [0.717, 1.165) is 0 Å². The SMILES string of the molecule is [Ti][CH]1c2ccccc2-c2ccccc21. The molecule has 1 heteroatoms. The molecule has 3 rings (SSSR count). The molecular formula is C13H9Ti. The monoisotopic (exact) mass is 213 g/mol. The summed E-state index contributed by atoms with van der Waals surface area (Å²) in [7, 11) is 0. The first kappa shape index (κ1) is 8.46. The van der Waals surface area contributed by atoms with Gasteiger partial charge in [0.25, 0.3) is 0 Å². The van der Waals surface area contributed by atoms with Crippen molar-refractivity contribution in [2.24, 2.45) is 0 Å². The van der Waals surface area contributed by atoms with Crippen LogP contribution in [0.1, 0.15) is 15.3 Å². The van der Waals surface area contributed by atoms with Crippen LogP contribution in [0.2, 0.25) is 0 Å². The second kappa shape index (κ2) is 3.08. The Labute approximate surface area is 95.4 Å². The summed E-state index contributed by atoms with van der Waals surface area (Å²) in [6, 6.07) is 17.4. The maximum absolute atomic E-state index is 2.28. The Bertz CT molecular complexity index is 443. The van der Waals surface area contributed by atoms with Crippen LogP contribution in [0.3, 0.4) is 0 Å². The maximum atomic E-state index is 2.28. The zero-order valence-electron chi connectivity index (χ0n) is 7.70. The van der Waals surface area contributed by atoms with E-state index in [2.05, 4.69) is 69.0 Å². The van der Waals surface area contributed by atoms with Crippen molar-refractivity contribution in [3.05, 3.63) is 59.7 Å². The Kier molecular flexibility index (Phi) is 1.86. The number of hydrogen-bond donors (Lipinski definition) is 0. The van der Waals surface area contributed by atoms with Crippen LogP contribution in [0.5, 0.6) is 0 Å². The van der Waals surface area contributed by atoms with Crippen molar-refractivity contribution in [1.82, 2.24) is 0 Å². The molecule has 0 spiro atoms. The average molecular weight is 213 g/mol. The molecule has 0 aliphatic heterocycles. The molecule has 1 aliphatic rings. The van der Waals surface area contributed by atoms with Crippen molar-refractivity contribution in [3.63, 3.8) is 0 Å². The van der Waals surface area contributed by atoms with E-state index in [1.165, 1.54) is 22.3 Å². The Morgan fingerprint density at radius 2 is 1.14 bits per heavy atom. The minimum absolute atomic E-state index is 0.558. The Hall–Kier alpha value is -0.846. The van der Waals surface area contributed by atoms with Crippen molar-refractivity contribution in [2.75, 3.05) is 0 Å². The molecule has 0 N–H and O–H groups in total. The summed E-state index contributed by atoms with van der Waals surface area (Å²) >= 11 is 2.28. The second-order valence-corrected chi connectivity index (χ2v) is 4.51. The van der Waals surface area contributed by atoms with E-state index in [-0.39, 0.29) is 0 Å². The Balaban J connectivity index is 2.36. The fraction of sp³-hybridized carbons (Fsp3) is 0.0769. The molecule has 0 aromatic heterocycles. The van der Waals surface area contributed by atoms with E-state index in [1.54, 1.807) is 0 Å². The molecule has 65 valence electrons. The first-order chi connectivity index (χ1) is 6.88. The van der Waals surface area contributed by atoms with Gasteiger partial charge in [0.1, 0.15) is 0 Å². The number of fused-ring (bicyclic) bond motifs is 3. The molecule has 0 saturated heterocycles. The number of rotatable bonds is 0. The first-order valence-electron chi connectivity index (χ1n) is 4.77. The van der Waals surface area contributed by atoms with Crippen LogP contribution in [0.15, 0.2) is 48.5 Å². The van der Waals surface area contributed by atoms with Crippen molar-refractivity contribution in [2.45, 2.75) is 4.22 Å². The van der Waals surface area contributed by atoms with Crippen molar-refractivity contribution < 1.29 is 20.4 Å². The molecule has 0 fully saturated rings. The van der Waals surface area contributed by atoms with Crippen molar-refractivity contribution >= 4 is 0 Å². The number of hydrogen-bond acceptors (Lipinski definition) is 0. The Morgan fingerprint density at radius 1 is 0.714 bits per heavy atom. The molecular weight excluding hydrogens is 204 g/mol. The zero-order chi connectivity index (χ0) is 9.54. The van der Waals surface area contributed by atoms with Crippen LogP contribution in [0.4, 0.5) is 0 Å². The van der Waals surface area contributed by atoms with Gasteiger partial charge in [0.2, 0.25) is 0 Å².